The number of benzene rings is 2. The van der Waals surface area contributed by atoms with Gasteiger partial charge in [0.05, 0.1) is 0 Å². The van der Waals surface area contributed by atoms with Crippen molar-refractivity contribution in [1.29, 1.82) is 0 Å². The summed E-state index contributed by atoms with van der Waals surface area (Å²) in [5.41, 5.74) is 4.95. The van der Waals surface area contributed by atoms with Gasteiger partial charge >= 0.3 is 0 Å². The van der Waals surface area contributed by atoms with Gasteiger partial charge in [0.25, 0.3) is 0 Å². The van der Waals surface area contributed by atoms with Gasteiger partial charge in [-0.3, -0.25) is 0 Å². The highest BCUT2D eigenvalue weighted by Crippen LogP contribution is 2.37. The maximum Gasteiger partial charge on any atom is 0.206 e. The number of aromatic nitrogens is 2. The normalized spacial score (nSPS) is 18.6. The molecule has 2 N–H and O–H groups in total. The molecule has 1 fully saturated rings. The van der Waals surface area contributed by atoms with Gasteiger partial charge in [0.1, 0.15) is 10.8 Å². The SMILES string of the molecule is Fc1ccccc1C1=CCc2ccc(-c3nnc(N[C@H]4CCCNC4)s3)cc21. The fourth-order valence-electron chi connectivity index (χ4n) is 3.94. The second-order valence-electron chi connectivity index (χ2n) is 7.27. The van der Waals surface area contributed by atoms with E-state index in [0.29, 0.717) is 11.6 Å². The van der Waals surface area contributed by atoms with Gasteiger partial charge in [-0.2, -0.15) is 0 Å². The number of anilines is 1. The molecule has 28 heavy (non-hydrogen) atoms. The monoisotopic (exact) mass is 392 g/mol. The number of halogens is 1. The minimum absolute atomic E-state index is 0.185. The highest BCUT2D eigenvalue weighted by Gasteiger charge is 2.20. The third kappa shape index (κ3) is 3.34. The van der Waals surface area contributed by atoms with Gasteiger partial charge < -0.3 is 10.6 Å². The molecule has 0 amide bonds. The van der Waals surface area contributed by atoms with Crippen LogP contribution in [0.25, 0.3) is 16.1 Å². The molecule has 0 unspecified atom stereocenters. The van der Waals surface area contributed by atoms with E-state index in [1.54, 1.807) is 17.4 Å². The summed E-state index contributed by atoms with van der Waals surface area (Å²) in [5.74, 6) is -0.185. The molecule has 3 aromatic rings. The molecule has 1 aliphatic carbocycles. The van der Waals surface area contributed by atoms with Crippen LogP contribution in [0.1, 0.15) is 29.5 Å². The number of nitrogens with zero attached hydrogens (tertiary/aromatic N) is 2. The Morgan fingerprint density at radius 2 is 2.04 bits per heavy atom. The van der Waals surface area contributed by atoms with E-state index in [1.807, 2.05) is 12.1 Å². The van der Waals surface area contributed by atoms with Gasteiger partial charge in [0, 0.05) is 23.7 Å². The maximum atomic E-state index is 14.3. The predicted molar refractivity (Wildman–Crippen MR) is 112 cm³/mol. The van der Waals surface area contributed by atoms with Crippen LogP contribution in [-0.4, -0.2) is 29.3 Å². The van der Waals surface area contributed by atoms with E-state index in [2.05, 4.69) is 45.1 Å². The average molecular weight is 393 g/mol. The summed E-state index contributed by atoms with van der Waals surface area (Å²) in [7, 11) is 0. The summed E-state index contributed by atoms with van der Waals surface area (Å²) in [6.45, 7) is 2.05. The van der Waals surface area contributed by atoms with Gasteiger partial charge in [-0.1, -0.05) is 47.7 Å². The summed E-state index contributed by atoms with van der Waals surface area (Å²) in [6, 6.07) is 13.7. The third-order valence-corrected chi connectivity index (χ3v) is 6.29. The van der Waals surface area contributed by atoms with Crippen molar-refractivity contribution in [3.63, 3.8) is 0 Å². The summed E-state index contributed by atoms with van der Waals surface area (Å²) >= 11 is 1.57. The first-order valence-electron chi connectivity index (χ1n) is 9.67. The number of allylic oxidation sites excluding steroid dienone is 1. The fraction of sp³-hybridized carbons (Fsp3) is 0.273. The Kier molecular flexibility index (Phi) is 4.66. The fourth-order valence-corrected chi connectivity index (χ4v) is 4.76. The molecule has 6 heteroatoms. The zero-order chi connectivity index (χ0) is 18.9. The van der Waals surface area contributed by atoms with E-state index >= 15 is 0 Å². The van der Waals surface area contributed by atoms with Gasteiger partial charge in [-0.15, -0.1) is 10.2 Å². The van der Waals surface area contributed by atoms with Crippen LogP contribution in [0.15, 0.2) is 48.5 Å². The zero-order valence-electron chi connectivity index (χ0n) is 15.4. The van der Waals surface area contributed by atoms with Crippen molar-refractivity contribution in [2.45, 2.75) is 25.3 Å². The lowest BCUT2D eigenvalue weighted by Crippen LogP contribution is -2.38. The standard InChI is InChI=1S/C22H21FN4S/c23-20-6-2-1-5-18(20)17-10-9-14-7-8-15(12-19(14)17)21-26-27-22(28-21)25-16-4-3-11-24-13-16/h1-2,5-8,10,12,16,24H,3-4,9,11,13H2,(H,25,27)/t16-/m0/s1. The Labute approximate surface area is 167 Å². The first-order chi connectivity index (χ1) is 13.8. The first-order valence-corrected chi connectivity index (χ1v) is 10.5. The average Bonchev–Trinajstić information content (AvgIpc) is 3.36. The Morgan fingerprint density at radius 3 is 2.89 bits per heavy atom. The van der Waals surface area contributed by atoms with Crippen LogP contribution >= 0.6 is 11.3 Å². The third-order valence-electron chi connectivity index (χ3n) is 5.39. The van der Waals surface area contributed by atoms with Gasteiger partial charge in [-0.05, 0) is 54.6 Å². The van der Waals surface area contributed by atoms with Crippen molar-refractivity contribution < 1.29 is 4.39 Å². The molecular formula is C22H21FN4S. The number of rotatable bonds is 4. The van der Waals surface area contributed by atoms with Gasteiger partial charge in [0.15, 0.2) is 0 Å². The molecule has 1 atom stereocenters. The molecule has 5 rings (SSSR count). The zero-order valence-corrected chi connectivity index (χ0v) is 16.2. The minimum atomic E-state index is -0.185. The molecular weight excluding hydrogens is 371 g/mol. The first kappa shape index (κ1) is 17.5. The van der Waals surface area contributed by atoms with Crippen molar-refractivity contribution in [1.82, 2.24) is 15.5 Å². The second-order valence-corrected chi connectivity index (χ2v) is 8.25. The Morgan fingerprint density at radius 1 is 1.11 bits per heavy atom. The van der Waals surface area contributed by atoms with Crippen molar-refractivity contribution >= 4 is 22.0 Å². The second kappa shape index (κ2) is 7.45. The molecule has 0 saturated carbocycles. The van der Waals surface area contributed by atoms with Crippen molar-refractivity contribution in [2.75, 3.05) is 18.4 Å². The molecule has 2 aromatic carbocycles. The molecule has 1 saturated heterocycles. The number of fused-ring (bicyclic) bond motifs is 1. The lowest BCUT2D eigenvalue weighted by Gasteiger charge is -2.23. The Hall–Kier alpha value is -2.57. The van der Waals surface area contributed by atoms with E-state index < -0.39 is 0 Å². The molecule has 142 valence electrons. The molecule has 2 aliphatic rings. The number of nitrogens with one attached hydrogen (secondary N) is 2. The molecule has 0 spiro atoms. The van der Waals surface area contributed by atoms with Crippen LogP contribution in [0.5, 0.6) is 0 Å². The van der Waals surface area contributed by atoms with Crippen molar-refractivity contribution in [3.05, 3.63) is 71.0 Å². The minimum Gasteiger partial charge on any atom is -0.356 e. The van der Waals surface area contributed by atoms with Crippen LogP contribution in [0.3, 0.4) is 0 Å². The highest BCUT2D eigenvalue weighted by molar-refractivity contribution is 7.18. The number of hydrogen-bond acceptors (Lipinski definition) is 5. The summed E-state index contributed by atoms with van der Waals surface area (Å²) in [5, 5.41) is 17.3. The molecule has 2 heterocycles. The highest BCUT2D eigenvalue weighted by atomic mass is 32.1. The summed E-state index contributed by atoms with van der Waals surface area (Å²) in [6.07, 6.45) is 5.27. The largest absolute Gasteiger partial charge is 0.356 e. The quantitative estimate of drug-likeness (QED) is 0.687. The summed E-state index contributed by atoms with van der Waals surface area (Å²) < 4.78 is 14.3. The van der Waals surface area contributed by atoms with Crippen LogP contribution in [0.2, 0.25) is 0 Å². The van der Waals surface area contributed by atoms with Crippen LogP contribution in [0, 0.1) is 5.82 Å². The maximum absolute atomic E-state index is 14.3. The summed E-state index contributed by atoms with van der Waals surface area (Å²) in [4.78, 5) is 0. The van der Waals surface area contributed by atoms with Crippen molar-refractivity contribution in [3.8, 4) is 10.6 Å². The lowest BCUT2D eigenvalue weighted by atomic mass is 9.97. The topological polar surface area (TPSA) is 49.8 Å². The Bertz CT molecular complexity index is 1040. The van der Waals surface area contributed by atoms with Crippen LogP contribution < -0.4 is 10.6 Å². The number of piperidine rings is 1. The van der Waals surface area contributed by atoms with E-state index in [9.17, 15) is 4.39 Å². The Balaban J connectivity index is 1.42. The molecule has 1 aliphatic heterocycles. The van der Waals surface area contributed by atoms with E-state index in [4.69, 9.17) is 0 Å². The molecule has 0 radical (unpaired) electrons. The van der Waals surface area contributed by atoms with E-state index in [0.717, 1.165) is 52.8 Å². The molecule has 1 aromatic heterocycles. The number of hydrogen-bond donors (Lipinski definition) is 2. The predicted octanol–water partition coefficient (Wildman–Crippen LogP) is 4.50. The van der Waals surface area contributed by atoms with E-state index in [-0.39, 0.29) is 5.82 Å². The van der Waals surface area contributed by atoms with Crippen molar-refractivity contribution in [2.24, 2.45) is 0 Å². The van der Waals surface area contributed by atoms with Crippen LogP contribution in [-0.2, 0) is 6.42 Å². The smallest absolute Gasteiger partial charge is 0.206 e. The molecule has 0 bridgehead atoms. The van der Waals surface area contributed by atoms with Gasteiger partial charge in [-0.25, -0.2) is 4.39 Å². The van der Waals surface area contributed by atoms with E-state index in [1.165, 1.54) is 18.1 Å². The van der Waals surface area contributed by atoms with Crippen LogP contribution in [0.4, 0.5) is 9.52 Å². The molecule has 4 nitrogen and oxygen atoms in total. The lowest BCUT2D eigenvalue weighted by molar-refractivity contribution is 0.479. The van der Waals surface area contributed by atoms with Gasteiger partial charge in [0.2, 0.25) is 5.13 Å².